The molecule has 2 aromatic rings. The molecule has 5 nitrogen and oxygen atoms in total. The zero-order chi connectivity index (χ0) is 12.4. The first-order chi connectivity index (χ1) is 8.06. The van der Waals surface area contributed by atoms with Gasteiger partial charge in [0.05, 0.1) is 11.4 Å². The predicted molar refractivity (Wildman–Crippen MR) is 63.9 cm³/mol. The monoisotopic (exact) mass is 232 g/mol. The molecule has 0 aliphatic heterocycles. The highest BCUT2D eigenvalue weighted by Crippen LogP contribution is 2.18. The minimum absolute atomic E-state index is 0.380. The zero-order valence-corrected chi connectivity index (χ0v) is 9.66. The second-order valence-corrected chi connectivity index (χ2v) is 3.78. The topological polar surface area (TPSA) is 67.5 Å². The van der Waals surface area contributed by atoms with Gasteiger partial charge in [0.2, 0.25) is 0 Å². The van der Waals surface area contributed by atoms with Crippen molar-refractivity contribution in [1.82, 2.24) is 9.78 Å². The van der Waals surface area contributed by atoms with E-state index in [1.54, 1.807) is 22.9 Å². The Morgan fingerprint density at radius 1 is 1.24 bits per heavy atom. The van der Waals surface area contributed by atoms with Crippen molar-refractivity contribution in [3.05, 3.63) is 41.7 Å². The number of aryl methyl sites for hydroxylation is 2. The molecular weight excluding hydrogens is 219 g/mol. The van der Waals surface area contributed by atoms with Crippen molar-refractivity contribution in [1.29, 1.82) is 0 Å². The Morgan fingerprint density at radius 2 is 2.00 bits per heavy atom. The number of hydrogen-bond donors (Lipinski definition) is 2. The van der Waals surface area contributed by atoms with Crippen LogP contribution in [-0.2, 0) is 0 Å². The fourth-order valence-corrected chi connectivity index (χ4v) is 1.70. The maximum Gasteiger partial charge on any atom is 0.707 e. The Bertz CT molecular complexity index is 525. The Kier molecular flexibility index (Phi) is 3.17. The number of aromatic nitrogens is 2. The van der Waals surface area contributed by atoms with Crippen LogP contribution < -0.4 is 4.65 Å². The molecule has 1 aromatic carbocycles. The third-order valence-corrected chi connectivity index (χ3v) is 2.31. The largest absolute Gasteiger partial charge is 0.707 e. The molecule has 2 N–H and O–H groups in total. The molecule has 0 bridgehead atoms. The van der Waals surface area contributed by atoms with Crippen LogP contribution in [0.3, 0.4) is 0 Å². The SMILES string of the molecule is Cc1cc(C)n(-c2cccc(OB(O)O)c2)n1. The molecule has 1 heterocycles. The molecular formula is C11H13BN2O3. The minimum atomic E-state index is -1.81. The molecule has 0 atom stereocenters. The Balaban J connectivity index is 2.36. The van der Waals surface area contributed by atoms with Gasteiger partial charge in [-0.3, -0.25) is 0 Å². The minimum Gasteiger partial charge on any atom is -0.512 e. The molecule has 0 spiro atoms. The first kappa shape index (κ1) is 11.7. The van der Waals surface area contributed by atoms with Crippen molar-refractivity contribution in [3.63, 3.8) is 0 Å². The van der Waals surface area contributed by atoms with Crippen LogP contribution in [-0.4, -0.2) is 27.1 Å². The van der Waals surface area contributed by atoms with Gasteiger partial charge in [-0.2, -0.15) is 5.10 Å². The molecule has 2 rings (SSSR count). The van der Waals surface area contributed by atoms with Gasteiger partial charge >= 0.3 is 7.32 Å². The second-order valence-electron chi connectivity index (χ2n) is 3.78. The average Bonchev–Trinajstić information content (AvgIpc) is 2.57. The van der Waals surface area contributed by atoms with Crippen molar-refractivity contribution in [2.24, 2.45) is 0 Å². The molecule has 0 aliphatic carbocycles. The highest BCUT2D eigenvalue weighted by atomic mass is 16.6. The maximum atomic E-state index is 8.74. The molecule has 6 heteroatoms. The van der Waals surface area contributed by atoms with Crippen LogP contribution >= 0.6 is 0 Å². The van der Waals surface area contributed by atoms with E-state index >= 15 is 0 Å². The summed E-state index contributed by atoms with van der Waals surface area (Å²) in [6, 6.07) is 8.95. The number of benzene rings is 1. The van der Waals surface area contributed by atoms with Gasteiger partial charge in [0, 0.05) is 11.8 Å². The summed E-state index contributed by atoms with van der Waals surface area (Å²) in [5.74, 6) is 0.380. The van der Waals surface area contributed by atoms with Crippen LogP contribution in [0.1, 0.15) is 11.4 Å². The summed E-state index contributed by atoms with van der Waals surface area (Å²) in [5.41, 5.74) is 2.74. The van der Waals surface area contributed by atoms with Gasteiger partial charge in [-0.1, -0.05) is 6.07 Å². The summed E-state index contributed by atoms with van der Waals surface area (Å²) in [6.45, 7) is 3.87. The van der Waals surface area contributed by atoms with Crippen molar-refractivity contribution in [2.45, 2.75) is 13.8 Å². The lowest BCUT2D eigenvalue weighted by atomic mass is 10.2. The molecule has 0 radical (unpaired) electrons. The first-order valence-corrected chi connectivity index (χ1v) is 5.23. The molecule has 17 heavy (non-hydrogen) atoms. The number of rotatable bonds is 3. The highest BCUT2D eigenvalue weighted by molar-refractivity contribution is 6.33. The van der Waals surface area contributed by atoms with Gasteiger partial charge in [-0.15, -0.1) is 0 Å². The summed E-state index contributed by atoms with van der Waals surface area (Å²) in [6.07, 6.45) is 0. The van der Waals surface area contributed by atoms with Gasteiger partial charge in [0.1, 0.15) is 5.75 Å². The molecule has 0 unspecified atom stereocenters. The van der Waals surface area contributed by atoms with Gasteiger partial charge in [0.15, 0.2) is 0 Å². The van der Waals surface area contributed by atoms with E-state index < -0.39 is 7.32 Å². The summed E-state index contributed by atoms with van der Waals surface area (Å²) < 4.78 is 6.56. The third kappa shape index (κ3) is 2.66. The van der Waals surface area contributed by atoms with Crippen molar-refractivity contribution in [2.75, 3.05) is 0 Å². The van der Waals surface area contributed by atoms with E-state index in [4.69, 9.17) is 14.7 Å². The van der Waals surface area contributed by atoms with Crippen LogP contribution in [0.5, 0.6) is 5.75 Å². The van der Waals surface area contributed by atoms with Gasteiger partial charge < -0.3 is 14.7 Å². The second kappa shape index (κ2) is 4.61. The van der Waals surface area contributed by atoms with Crippen molar-refractivity contribution < 1.29 is 14.7 Å². The Hall–Kier alpha value is -1.79. The lowest BCUT2D eigenvalue weighted by Gasteiger charge is -2.08. The molecule has 88 valence electrons. The van der Waals surface area contributed by atoms with Crippen LogP contribution in [0.4, 0.5) is 0 Å². The van der Waals surface area contributed by atoms with E-state index in [0.717, 1.165) is 17.1 Å². The van der Waals surface area contributed by atoms with Crippen LogP contribution in [0.15, 0.2) is 30.3 Å². The van der Waals surface area contributed by atoms with Crippen LogP contribution in [0.2, 0.25) is 0 Å². The standard InChI is InChI=1S/C11H13BN2O3/c1-8-6-9(2)14(13-8)10-4-3-5-11(7-10)17-12(15)16/h3-7,15-16H,1-2H3. The third-order valence-electron chi connectivity index (χ3n) is 2.31. The Labute approximate surface area is 99.5 Å². The smallest absolute Gasteiger partial charge is 0.512 e. The zero-order valence-electron chi connectivity index (χ0n) is 9.66. The highest BCUT2D eigenvalue weighted by Gasteiger charge is 2.12. The predicted octanol–water partition coefficient (Wildman–Crippen LogP) is 0.837. The van der Waals surface area contributed by atoms with Gasteiger partial charge in [0.25, 0.3) is 0 Å². The fourth-order valence-electron chi connectivity index (χ4n) is 1.70. The lowest BCUT2D eigenvalue weighted by Crippen LogP contribution is -2.20. The molecule has 1 aromatic heterocycles. The van der Waals surface area contributed by atoms with Gasteiger partial charge in [-0.25, -0.2) is 4.68 Å². The first-order valence-electron chi connectivity index (χ1n) is 5.23. The van der Waals surface area contributed by atoms with Crippen LogP contribution in [0.25, 0.3) is 5.69 Å². The maximum absolute atomic E-state index is 8.74. The van der Waals surface area contributed by atoms with E-state index in [1.165, 1.54) is 0 Å². The van der Waals surface area contributed by atoms with E-state index in [-0.39, 0.29) is 0 Å². The average molecular weight is 232 g/mol. The Morgan fingerprint density at radius 3 is 2.59 bits per heavy atom. The number of nitrogens with zero attached hydrogens (tertiary/aromatic N) is 2. The molecule has 0 fully saturated rings. The summed E-state index contributed by atoms with van der Waals surface area (Å²) >= 11 is 0. The lowest BCUT2D eigenvalue weighted by molar-refractivity contribution is 0.288. The van der Waals surface area contributed by atoms with E-state index in [2.05, 4.69) is 5.10 Å². The van der Waals surface area contributed by atoms with Crippen molar-refractivity contribution >= 4 is 7.32 Å². The van der Waals surface area contributed by atoms with E-state index in [0.29, 0.717) is 5.75 Å². The summed E-state index contributed by atoms with van der Waals surface area (Å²) in [4.78, 5) is 0. The molecule has 0 aliphatic rings. The number of hydrogen-bond acceptors (Lipinski definition) is 4. The molecule has 0 saturated heterocycles. The quantitative estimate of drug-likeness (QED) is 0.769. The van der Waals surface area contributed by atoms with Gasteiger partial charge in [-0.05, 0) is 32.0 Å². The summed E-state index contributed by atoms with van der Waals surface area (Å²) in [7, 11) is -1.81. The summed E-state index contributed by atoms with van der Waals surface area (Å²) in [5, 5.41) is 21.8. The van der Waals surface area contributed by atoms with Crippen LogP contribution in [0, 0.1) is 13.8 Å². The van der Waals surface area contributed by atoms with E-state index in [1.807, 2.05) is 26.0 Å². The van der Waals surface area contributed by atoms with E-state index in [9.17, 15) is 0 Å². The van der Waals surface area contributed by atoms with Crippen molar-refractivity contribution in [3.8, 4) is 11.4 Å². The normalized spacial score (nSPS) is 10.4. The molecule has 0 saturated carbocycles. The fraction of sp³-hybridized carbons (Fsp3) is 0.182. The molecule has 0 amide bonds.